The molecule has 0 heterocycles. The van der Waals surface area contributed by atoms with Crippen LogP contribution in [0.3, 0.4) is 0 Å². The molecule has 0 aliphatic rings. The summed E-state index contributed by atoms with van der Waals surface area (Å²) in [6.07, 6.45) is 1.79. The van der Waals surface area contributed by atoms with Gasteiger partial charge in [0.1, 0.15) is 0 Å². The van der Waals surface area contributed by atoms with Gasteiger partial charge in [0.15, 0.2) is 12.4 Å². The topological polar surface area (TPSA) is 99.0 Å². The Morgan fingerprint density at radius 1 is 1.15 bits per heavy atom. The Labute approximate surface area is 153 Å². The van der Waals surface area contributed by atoms with Crippen molar-refractivity contribution in [1.82, 2.24) is 4.90 Å². The van der Waals surface area contributed by atoms with Crippen LogP contribution in [0.25, 0.3) is 0 Å². The Balaban J connectivity index is 2.88. The van der Waals surface area contributed by atoms with Crippen LogP contribution in [0.15, 0.2) is 18.2 Å². The van der Waals surface area contributed by atoms with Crippen molar-refractivity contribution in [2.24, 2.45) is 0 Å². The third kappa shape index (κ3) is 6.70. The van der Waals surface area contributed by atoms with Gasteiger partial charge >= 0.3 is 11.7 Å². The van der Waals surface area contributed by atoms with Gasteiger partial charge in [-0.2, -0.15) is 0 Å². The molecule has 0 unspecified atom stereocenters. The van der Waals surface area contributed by atoms with Crippen molar-refractivity contribution < 1.29 is 24.0 Å². The number of nitro benzene ring substituents is 1. The zero-order chi connectivity index (χ0) is 19.5. The number of amides is 1. The molecule has 1 aromatic carbocycles. The number of nitro groups is 1. The molecular weight excluding hydrogens is 340 g/mol. The van der Waals surface area contributed by atoms with Crippen LogP contribution < -0.4 is 4.74 Å². The van der Waals surface area contributed by atoms with E-state index in [0.29, 0.717) is 18.7 Å². The van der Waals surface area contributed by atoms with E-state index in [1.165, 1.54) is 12.1 Å². The maximum atomic E-state index is 12.4. The monoisotopic (exact) mass is 366 g/mol. The summed E-state index contributed by atoms with van der Waals surface area (Å²) in [5, 5.41) is 11.3. The van der Waals surface area contributed by atoms with Crippen LogP contribution in [0.2, 0.25) is 0 Å². The maximum Gasteiger partial charge on any atom is 0.344 e. The quantitative estimate of drug-likeness (QED) is 0.339. The molecule has 0 bridgehead atoms. The first-order chi connectivity index (χ1) is 12.4. The Morgan fingerprint density at radius 3 is 2.35 bits per heavy atom. The van der Waals surface area contributed by atoms with Crippen molar-refractivity contribution in [3.05, 3.63) is 33.9 Å². The summed E-state index contributed by atoms with van der Waals surface area (Å²) in [5.41, 5.74) is 0.250. The molecule has 0 aliphatic carbocycles. The van der Waals surface area contributed by atoms with Gasteiger partial charge in [0, 0.05) is 19.2 Å². The van der Waals surface area contributed by atoms with Crippen molar-refractivity contribution in [1.29, 1.82) is 0 Å². The van der Waals surface area contributed by atoms with Gasteiger partial charge in [-0.05, 0) is 31.4 Å². The number of hydrogen-bond donors (Lipinski definition) is 0. The molecular formula is C18H26N2O6. The Bertz CT molecular complexity index is 626. The predicted octanol–water partition coefficient (Wildman–Crippen LogP) is 2.73. The molecule has 0 radical (unpaired) electrons. The number of benzene rings is 1. The van der Waals surface area contributed by atoms with E-state index in [-0.39, 0.29) is 30.4 Å². The van der Waals surface area contributed by atoms with E-state index in [0.717, 1.165) is 12.8 Å². The molecule has 0 saturated heterocycles. The van der Waals surface area contributed by atoms with Crippen LogP contribution in [0.4, 0.5) is 5.69 Å². The highest BCUT2D eigenvalue weighted by molar-refractivity contribution is 5.79. The molecule has 0 atom stereocenters. The lowest BCUT2D eigenvalue weighted by Gasteiger charge is -2.21. The molecule has 0 aliphatic heterocycles. The summed E-state index contributed by atoms with van der Waals surface area (Å²) in [7, 11) is 0. The zero-order valence-electron chi connectivity index (χ0n) is 15.5. The minimum Gasteiger partial charge on any atom is -0.475 e. The second-order valence-corrected chi connectivity index (χ2v) is 5.71. The highest BCUT2D eigenvalue weighted by Gasteiger charge is 2.20. The van der Waals surface area contributed by atoms with Crippen LogP contribution in [0.5, 0.6) is 5.75 Å². The molecule has 144 valence electrons. The van der Waals surface area contributed by atoms with Crippen LogP contribution in [-0.2, 0) is 20.7 Å². The standard InChI is InChI=1S/C18H26N2O6/c1-4-9-19(10-5-2)17(21)12-14-7-8-16(15(11-14)20(23)24)26-13-18(22)25-6-3/h7-8,11H,4-6,9-10,12-13H2,1-3H3. The molecule has 0 saturated carbocycles. The summed E-state index contributed by atoms with van der Waals surface area (Å²) in [6, 6.07) is 4.32. The first-order valence-electron chi connectivity index (χ1n) is 8.76. The lowest BCUT2D eigenvalue weighted by atomic mass is 10.1. The van der Waals surface area contributed by atoms with Gasteiger partial charge in [-0.1, -0.05) is 19.9 Å². The first kappa shape index (κ1) is 21.4. The van der Waals surface area contributed by atoms with Gasteiger partial charge in [-0.25, -0.2) is 4.79 Å². The van der Waals surface area contributed by atoms with E-state index >= 15 is 0 Å². The van der Waals surface area contributed by atoms with Crippen molar-refractivity contribution in [3.63, 3.8) is 0 Å². The summed E-state index contributed by atoms with van der Waals surface area (Å²) in [5.74, 6) is -0.697. The third-order valence-corrected chi connectivity index (χ3v) is 3.57. The van der Waals surface area contributed by atoms with E-state index in [4.69, 9.17) is 9.47 Å². The summed E-state index contributed by atoms with van der Waals surface area (Å²) in [6.45, 7) is 6.77. The van der Waals surface area contributed by atoms with Crippen LogP contribution in [0, 0.1) is 10.1 Å². The van der Waals surface area contributed by atoms with Gasteiger partial charge in [0.2, 0.25) is 5.91 Å². The highest BCUT2D eigenvalue weighted by Crippen LogP contribution is 2.28. The lowest BCUT2D eigenvalue weighted by Crippen LogP contribution is -2.33. The average molecular weight is 366 g/mol. The number of rotatable bonds is 11. The maximum absolute atomic E-state index is 12.4. The fourth-order valence-corrected chi connectivity index (χ4v) is 2.46. The number of carbonyl (C=O) groups is 2. The van der Waals surface area contributed by atoms with Crippen LogP contribution in [-0.4, -0.2) is 48.0 Å². The first-order valence-corrected chi connectivity index (χ1v) is 8.76. The number of esters is 1. The summed E-state index contributed by atoms with van der Waals surface area (Å²) in [4.78, 5) is 36.2. The molecule has 8 nitrogen and oxygen atoms in total. The molecule has 1 rings (SSSR count). The van der Waals surface area contributed by atoms with Crippen LogP contribution in [0.1, 0.15) is 39.2 Å². The highest BCUT2D eigenvalue weighted by atomic mass is 16.6. The van der Waals surface area contributed by atoms with Crippen molar-refractivity contribution in [3.8, 4) is 5.75 Å². The van der Waals surface area contributed by atoms with Crippen molar-refractivity contribution in [2.75, 3.05) is 26.3 Å². The molecule has 1 aromatic rings. The Morgan fingerprint density at radius 2 is 1.81 bits per heavy atom. The van der Waals surface area contributed by atoms with Gasteiger partial charge in [-0.15, -0.1) is 0 Å². The smallest absolute Gasteiger partial charge is 0.344 e. The van der Waals surface area contributed by atoms with E-state index in [2.05, 4.69) is 0 Å². The van der Waals surface area contributed by atoms with Crippen LogP contribution >= 0.6 is 0 Å². The van der Waals surface area contributed by atoms with E-state index in [9.17, 15) is 19.7 Å². The zero-order valence-corrected chi connectivity index (χ0v) is 15.5. The number of carbonyl (C=O) groups excluding carboxylic acids is 2. The minimum absolute atomic E-state index is 0.0294. The molecule has 26 heavy (non-hydrogen) atoms. The van der Waals surface area contributed by atoms with Gasteiger partial charge in [-0.3, -0.25) is 14.9 Å². The van der Waals surface area contributed by atoms with E-state index in [1.807, 2.05) is 13.8 Å². The van der Waals surface area contributed by atoms with E-state index < -0.39 is 17.5 Å². The number of ether oxygens (including phenoxy) is 2. The molecule has 8 heteroatoms. The summed E-state index contributed by atoms with van der Waals surface area (Å²) < 4.78 is 9.91. The van der Waals surface area contributed by atoms with Crippen molar-refractivity contribution >= 4 is 17.6 Å². The second kappa shape index (κ2) is 11.1. The predicted molar refractivity (Wildman–Crippen MR) is 96.1 cm³/mol. The summed E-state index contributed by atoms with van der Waals surface area (Å²) >= 11 is 0. The van der Waals surface area contributed by atoms with E-state index in [1.54, 1.807) is 17.9 Å². The van der Waals surface area contributed by atoms with Gasteiger partial charge in [0.05, 0.1) is 18.0 Å². The fourth-order valence-electron chi connectivity index (χ4n) is 2.46. The number of hydrogen-bond acceptors (Lipinski definition) is 6. The third-order valence-electron chi connectivity index (χ3n) is 3.57. The average Bonchev–Trinajstić information content (AvgIpc) is 2.60. The molecule has 0 N–H and O–H groups in total. The molecule has 1 amide bonds. The minimum atomic E-state index is -0.601. The molecule has 0 aromatic heterocycles. The number of nitrogens with zero attached hydrogens (tertiary/aromatic N) is 2. The van der Waals surface area contributed by atoms with Crippen molar-refractivity contribution in [2.45, 2.75) is 40.0 Å². The van der Waals surface area contributed by atoms with Gasteiger partial charge < -0.3 is 14.4 Å². The Hall–Kier alpha value is -2.64. The normalized spacial score (nSPS) is 10.3. The fraction of sp³-hybridized carbons (Fsp3) is 0.556. The molecule has 0 spiro atoms. The lowest BCUT2D eigenvalue weighted by molar-refractivity contribution is -0.385. The largest absolute Gasteiger partial charge is 0.475 e. The second-order valence-electron chi connectivity index (χ2n) is 5.71. The van der Waals surface area contributed by atoms with Gasteiger partial charge in [0.25, 0.3) is 0 Å². The molecule has 0 fully saturated rings. The SMILES string of the molecule is CCCN(CCC)C(=O)Cc1ccc(OCC(=O)OCC)c([N+](=O)[O-])c1. The Kier molecular flexibility index (Phi) is 9.11.